The average Bonchev–Trinajstić information content (AvgIpc) is 3.15. The summed E-state index contributed by atoms with van der Waals surface area (Å²) in [5.41, 5.74) is 9.26. The van der Waals surface area contributed by atoms with E-state index in [4.69, 9.17) is 15.6 Å². The number of aliphatic hydroxyl groups excluding tert-OH is 1. The summed E-state index contributed by atoms with van der Waals surface area (Å²) in [5, 5.41) is 9.73. The van der Waals surface area contributed by atoms with Crippen LogP contribution in [0.1, 0.15) is 5.56 Å². The van der Waals surface area contributed by atoms with Gasteiger partial charge in [-0.1, -0.05) is 24.3 Å². The third kappa shape index (κ3) is 3.53. The van der Waals surface area contributed by atoms with Crippen LogP contribution in [0.5, 0.6) is 5.75 Å². The zero-order chi connectivity index (χ0) is 19.5. The number of fused-ring (bicyclic) bond motifs is 1. The highest BCUT2D eigenvalue weighted by Gasteiger charge is 2.09. The predicted octanol–water partition coefficient (Wildman–Crippen LogP) is 2.21. The molecule has 7 heteroatoms. The molecule has 0 aliphatic rings. The Bertz CT molecular complexity index is 1160. The molecule has 142 valence electrons. The smallest absolute Gasteiger partial charge is 0.354 e. The lowest BCUT2D eigenvalue weighted by Crippen LogP contribution is -2.20. The number of ether oxygens (including phenoxy) is 1. The molecule has 0 saturated heterocycles. The van der Waals surface area contributed by atoms with E-state index in [0.29, 0.717) is 17.9 Å². The molecule has 0 unspecified atom stereocenters. The summed E-state index contributed by atoms with van der Waals surface area (Å²) in [4.78, 5) is 19.8. The monoisotopic (exact) mass is 376 g/mol. The Balaban J connectivity index is 1.72. The van der Waals surface area contributed by atoms with Crippen molar-refractivity contribution < 1.29 is 9.84 Å². The molecular weight excluding hydrogens is 356 g/mol. The molecule has 2 heterocycles. The van der Waals surface area contributed by atoms with Gasteiger partial charge < -0.3 is 20.6 Å². The molecule has 4 rings (SSSR count). The predicted molar refractivity (Wildman–Crippen MR) is 108 cm³/mol. The minimum absolute atomic E-state index is 0.0426. The summed E-state index contributed by atoms with van der Waals surface area (Å²) in [6.07, 6.45) is 1.77. The van der Waals surface area contributed by atoms with Gasteiger partial charge in [-0.3, -0.25) is 4.57 Å². The first-order chi connectivity index (χ1) is 13.7. The van der Waals surface area contributed by atoms with Gasteiger partial charge in [-0.2, -0.15) is 4.98 Å². The normalized spacial score (nSPS) is 11.1. The minimum atomic E-state index is -0.360. The number of hydrogen-bond acceptors (Lipinski definition) is 5. The third-order valence-corrected chi connectivity index (χ3v) is 4.46. The van der Waals surface area contributed by atoms with Crippen molar-refractivity contribution in [1.29, 1.82) is 0 Å². The number of aliphatic hydroxyl groups is 1. The van der Waals surface area contributed by atoms with E-state index in [9.17, 15) is 4.79 Å². The molecule has 4 aromatic rings. The van der Waals surface area contributed by atoms with Gasteiger partial charge in [0.1, 0.15) is 18.0 Å². The number of nitrogens with zero attached hydrogens (tertiary/aromatic N) is 2. The Labute approximate surface area is 161 Å². The molecule has 4 N–H and O–H groups in total. The number of hydrogen-bond donors (Lipinski definition) is 3. The van der Waals surface area contributed by atoms with E-state index < -0.39 is 0 Å². The van der Waals surface area contributed by atoms with Crippen molar-refractivity contribution in [3.8, 4) is 22.7 Å². The van der Waals surface area contributed by atoms with Crippen LogP contribution >= 0.6 is 0 Å². The molecule has 7 nitrogen and oxygen atoms in total. The minimum Gasteiger partial charge on any atom is -0.491 e. The zero-order valence-electron chi connectivity index (χ0n) is 15.1. The lowest BCUT2D eigenvalue weighted by Gasteiger charge is -2.05. The van der Waals surface area contributed by atoms with Crippen LogP contribution < -0.4 is 16.2 Å². The van der Waals surface area contributed by atoms with Gasteiger partial charge in [0.15, 0.2) is 0 Å². The first-order valence-electron chi connectivity index (χ1n) is 8.94. The Hall–Kier alpha value is -3.42. The molecule has 28 heavy (non-hydrogen) atoms. The summed E-state index contributed by atoms with van der Waals surface area (Å²) >= 11 is 0. The molecule has 0 aliphatic heterocycles. The molecule has 0 amide bonds. The second-order valence-electron chi connectivity index (χ2n) is 6.35. The maximum absolute atomic E-state index is 12.5. The van der Waals surface area contributed by atoms with Crippen molar-refractivity contribution in [3.63, 3.8) is 0 Å². The fourth-order valence-electron chi connectivity index (χ4n) is 3.04. The van der Waals surface area contributed by atoms with Gasteiger partial charge in [0.2, 0.25) is 0 Å². The van der Waals surface area contributed by atoms with Crippen LogP contribution in [0, 0.1) is 0 Å². The molecule has 0 aliphatic carbocycles. The Morgan fingerprint density at radius 3 is 2.71 bits per heavy atom. The number of benzene rings is 2. The highest BCUT2D eigenvalue weighted by Crippen LogP contribution is 2.26. The second-order valence-corrected chi connectivity index (χ2v) is 6.35. The van der Waals surface area contributed by atoms with Crippen molar-refractivity contribution in [3.05, 3.63) is 76.8 Å². The first-order valence-corrected chi connectivity index (χ1v) is 8.94. The maximum atomic E-state index is 12.5. The van der Waals surface area contributed by atoms with Crippen LogP contribution in [0.4, 0.5) is 0 Å². The van der Waals surface area contributed by atoms with Gasteiger partial charge in [0.25, 0.3) is 0 Å². The molecule has 0 fully saturated rings. The molecule has 2 aromatic carbocycles. The van der Waals surface area contributed by atoms with E-state index >= 15 is 0 Å². The molecule has 0 bridgehead atoms. The Morgan fingerprint density at radius 2 is 1.96 bits per heavy atom. The van der Waals surface area contributed by atoms with Gasteiger partial charge in [0.05, 0.1) is 12.3 Å². The van der Waals surface area contributed by atoms with E-state index in [1.165, 1.54) is 4.57 Å². The van der Waals surface area contributed by atoms with E-state index in [2.05, 4.69) is 9.97 Å². The summed E-state index contributed by atoms with van der Waals surface area (Å²) < 4.78 is 6.98. The van der Waals surface area contributed by atoms with Gasteiger partial charge in [0, 0.05) is 29.4 Å². The first kappa shape index (κ1) is 18.0. The molecule has 0 saturated carbocycles. The standard InChI is InChI=1S/C21H20N4O3/c22-12-14-4-6-17(7-5-14)25-13-16-11-19(23-20(16)24-21(25)27)15-2-1-3-18(10-15)28-9-8-26/h1-7,10-11,13,26H,8-9,12,22H2,(H,23,24,27). The fourth-order valence-corrected chi connectivity index (χ4v) is 3.04. The van der Waals surface area contributed by atoms with Gasteiger partial charge in [-0.25, -0.2) is 4.79 Å². The van der Waals surface area contributed by atoms with Crippen molar-refractivity contribution in [2.24, 2.45) is 5.73 Å². The fraction of sp³-hybridized carbons (Fsp3) is 0.143. The van der Waals surface area contributed by atoms with E-state index in [1.54, 1.807) is 6.20 Å². The van der Waals surface area contributed by atoms with Crippen molar-refractivity contribution in [1.82, 2.24) is 14.5 Å². The van der Waals surface area contributed by atoms with Gasteiger partial charge in [-0.05, 0) is 35.9 Å². The number of rotatable bonds is 6. The molecule has 0 radical (unpaired) electrons. The Morgan fingerprint density at radius 1 is 1.14 bits per heavy atom. The maximum Gasteiger partial charge on any atom is 0.354 e. The quantitative estimate of drug-likeness (QED) is 0.478. The van der Waals surface area contributed by atoms with Gasteiger partial charge in [-0.15, -0.1) is 0 Å². The highest BCUT2D eigenvalue weighted by atomic mass is 16.5. The van der Waals surface area contributed by atoms with E-state index in [0.717, 1.165) is 27.9 Å². The van der Waals surface area contributed by atoms with Crippen LogP contribution in [-0.4, -0.2) is 32.9 Å². The molecule has 2 aromatic heterocycles. The number of aromatic nitrogens is 3. The number of nitrogens with two attached hydrogens (primary N) is 1. The SMILES string of the molecule is NCc1ccc(-n2cc3cc(-c4cccc(OCCO)c4)[nH]c3nc2=O)cc1. The molecular formula is C21H20N4O3. The topological polar surface area (TPSA) is 106 Å². The zero-order valence-corrected chi connectivity index (χ0v) is 15.1. The van der Waals surface area contributed by atoms with Crippen LogP contribution in [0.2, 0.25) is 0 Å². The molecule has 0 atom stereocenters. The van der Waals surface area contributed by atoms with Crippen molar-refractivity contribution in [2.45, 2.75) is 6.54 Å². The molecule has 0 spiro atoms. The lowest BCUT2D eigenvalue weighted by atomic mass is 10.1. The van der Waals surface area contributed by atoms with Crippen LogP contribution in [0.15, 0.2) is 65.6 Å². The third-order valence-electron chi connectivity index (χ3n) is 4.46. The average molecular weight is 376 g/mol. The second kappa shape index (κ2) is 7.67. The summed E-state index contributed by atoms with van der Waals surface area (Å²) in [5.74, 6) is 0.665. The van der Waals surface area contributed by atoms with Crippen LogP contribution in [-0.2, 0) is 6.54 Å². The Kier molecular flexibility index (Phi) is 4.92. The van der Waals surface area contributed by atoms with Crippen LogP contribution in [0.25, 0.3) is 28.0 Å². The number of nitrogens with one attached hydrogen (secondary N) is 1. The lowest BCUT2D eigenvalue weighted by molar-refractivity contribution is 0.201. The van der Waals surface area contributed by atoms with Crippen molar-refractivity contribution in [2.75, 3.05) is 13.2 Å². The summed E-state index contributed by atoms with van der Waals surface area (Å²) in [6.45, 7) is 0.647. The van der Waals surface area contributed by atoms with E-state index in [-0.39, 0.29) is 18.9 Å². The summed E-state index contributed by atoms with van der Waals surface area (Å²) in [7, 11) is 0. The van der Waals surface area contributed by atoms with Gasteiger partial charge >= 0.3 is 5.69 Å². The van der Waals surface area contributed by atoms with Crippen LogP contribution in [0.3, 0.4) is 0 Å². The summed E-state index contributed by atoms with van der Waals surface area (Å²) in [6, 6.07) is 17.0. The number of H-pyrrole nitrogens is 1. The van der Waals surface area contributed by atoms with Crippen molar-refractivity contribution >= 4 is 11.0 Å². The highest BCUT2D eigenvalue weighted by molar-refractivity contribution is 5.82. The largest absolute Gasteiger partial charge is 0.491 e. The number of aromatic amines is 1. The van der Waals surface area contributed by atoms with E-state index in [1.807, 2.05) is 54.6 Å².